The molecule has 2 aliphatic heterocycles. The van der Waals surface area contributed by atoms with Crippen molar-refractivity contribution in [3.63, 3.8) is 0 Å². The van der Waals surface area contributed by atoms with E-state index in [0.29, 0.717) is 37.2 Å². The first-order valence-corrected chi connectivity index (χ1v) is 13.9. The minimum Gasteiger partial charge on any atom is -0.489 e. The number of rotatable bonds is 6. The van der Waals surface area contributed by atoms with Gasteiger partial charge < -0.3 is 29.4 Å². The number of morpholine rings is 1. The monoisotopic (exact) mass is 539 g/mol. The van der Waals surface area contributed by atoms with E-state index in [9.17, 15) is 10.1 Å². The molecule has 6 rings (SSSR count). The molecule has 206 valence electrons. The number of piperidine rings is 1. The molecule has 2 saturated heterocycles. The molecule has 0 unspecified atom stereocenters. The van der Waals surface area contributed by atoms with E-state index in [4.69, 9.17) is 14.6 Å². The molecule has 0 bridgehead atoms. The Morgan fingerprint density at radius 3 is 2.67 bits per heavy atom. The number of aliphatic hydroxyl groups is 1. The first-order chi connectivity index (χ1) is 19.6. The second-order valence-electron chi connectivity index (χ2n) is 10.4. The van der Waals surface area contributed by atoms with Crippen molar-refractivity contribution in [1.29, 1.82) is 5.26 Å². The van der Waals surface area contributed by atoms with Crippen molar-refractivity contribution >= 4 is 22.5 Å². The Morgan fingerprint density at radius 2 is 1.95 bits per heavy atom. The van der Waals surface area contributed by atoms with Gasteiger partial charge >= 0.3 is 0 Å². The number of pyridine rings is 1. The molecule has 4 heterocycles. The van der Waals surface area contributed by atoms with Crippen LogP contribution in [0.25, 0.3) is 27.7 Å². The van der Waals surface area contributed by atoms with Crippen LogP contribution in [0.5, 0.6) is 5.75 Å². The molecule has 40 heavy (non-hydrogen) atoms. The van der Waals surface area contributed by atoms with Crippen molar-refractivity contribution in [1.82, 2.24) is 19.8 Å². The zero-order valence-electron chi connectivity index (χ0n) is 22.4. The van der Waals surface area contributed by atoms with E-state index in [1.807, 2.05) is 24.3 Å². The number of fused-ring (bicyclic) bond motifs is 1. The Labute approximate surface area is 233 Å². The fraction of sp³-hybridized carbons (Fsp3) is 0.387. The van der Waals surface area contributed by atoms with E-state index < -0.39 is 6.61 Å². The highest BCUT2D eigenvalue weighted by molar-refractivity contribution is 5.95. The normalized spacial score (nSPS) is 18.3. The van der Waals surface area contributed by atoms with Crippen LogP contribution in [0, 0.1) is 11.3 Å². The topological polar surface area (TPSA) is 115 Å². The molecule has 2 fully saturated rings. The van der Waals surface area contributed by atoms with Crippen molar-refractivity contribution < 1.29 is 19.4 Å². The second-order valence-corrected chi connectivity index (χ2v) is 10.4. The number of H-pyrrole nitrogens is 1. The molecule has 1 amide bonds. The zero-order valence-corrected chi connectivity index (χ0v) is 22.4. The standard InChI is InChI=1S/C31H33N5O4/c32-19-23-17-22(3-6-29(23)40-25-8-11-36(12-9-25)30(38)20-37)26-7-10-33-31-27(26)18-28(34-31)21-1-4-24(5-2-21)35-13-15-39-16-14-35/h1,3-4,6-7,10,17-18,25,37H,2,5,8-9,11-16,20H2,(H,33,34). The third kappa shape index (κ3) is 5.33. The van der Waals surface area contributed by atoms with Gasteiger partial charge in [0.15, 0.2) is 0 Å². The number of likely N-dealkylation sites (tertiary alicyclic amines) is 1. The number of allylic oxidation sites excluding steroid dienone is 4. The van der Waals surface area contributed by atoms with Gasteiger partial charge in [0.25, 0.3) is 0 Å². The maximum atomic E-state index is 11.7. The van der Waals surface area contributed by atoms with Gasteiger partial charge in [0.05, 0.1) is 18.8 Å². The number of nitrogens with zero attached hydrogens (tertiary/aromatic N) is 4. The highest BCUT2D eigenvalue weighted by atomic mass is 16.5. The molecule has 9 nitrogen and oxygen atoms in total. The van der Waals surface area contributed by atoms with E-state index in [2.05, 4.69) is 39.2 Å². The Hall–Kier alpha value is -4.13. The summed E-state index contributed by atoms with van der Waals surface area (Å²) in [5, 5.41) is 20.0. The molecule has 0 spiro atoms. The minimum absolute atomic E-state index is 0.0814. The summed E-state index contributed by atoms with van der Waals surface area (Å²) >= 11 is 0. The van der Waals surface area contributed by atoms with Gasteiger partial charge in [-0.1, -0.05) is 12.1 Å². The van der Waals surface area contributed by atoms with Crippen LogP contribution in [0.15, 0.2) is 54.4 Å². The fourth-order valence-electron chi connectivity index (χ4n) is 5.81. The van der Waals surface area contributed by atoms with Crippen molar-refractivity contribution in [2.45, 2.75) is 31.8 Å². The third-order valence-corrected chi connectivity index (χ3v) is 8.06. The molecule has 1 aromatic carbocycles. The second kappa shape index (κ2) is 11.5. The quantitative estimate of drug-likeness (QED) is 0.489. The maximum Gasteiger partial charge on any atom is 0.248 e. The summed E-state index contributed by atoms with van der Waals surface area (Å²) in [5.74, 6) is 0.291. The van der Waals surface area contributed by atoms with E-state index >= 15 is 0 Å². The van der Waals surface area contributed by atoms with Gasteiger partial charge in [0, 0.05) is 62.0 Å². The molecule has 0 saturated carbocycles. The van der Waals surface area contributed by atoms with Crippen molar-refractivity contribution in [3.8, 4) is 22.9 Å². The van der Waals surface area contributed by atoms with Gasteiger partial charge in [-0.15, -0.1) is 0 Å². The van der Waals surface area contributed by atoms with E-state index in [0.717, 1.165) is 67.0 Å². The first-order valence-electron chi connectivity index (χ1n) is 13.9. The summed E-state index contributed by atoms with van der Waals surface area (Å²) in [6.07, 6.45) is 9.44. The van der Waals surface area contributed by atoms with E-state index in [-0.39, 0.29) is 12.0 Å². The van der Waals surface area contributed by atoms with Crippen LogP contribution in [0.2, 0.25) is 0 Å². The number of carbonyl (C=O) groups is 1. The Bertz CT molecular complexity index is 1500. The highest BCUT2D eigenvalue weighted by Gasteiger charge is 2.24. The van der Waals surface area contributed by atoms with Gasteiger partial charge in [0.2, 0.25) is 5.91 Å². The lowest BCUT2D eigenvalue weighted by Crippen LogP contribution is -2.42. The van der Waals surface area contributed by atoms with Crippen molar-refractivity contribution in [3.05, 3.63) is 65.6 Å². The third-order valence-electron chi connectivity index (χ3n) is 8.06. The maximum absolute atomic E-state index is 11.7. The fourth-order valence-corrected chi connectivity index (χ4v) is 5.81. The van der Waals surface area contributed by atoms with E-state index in [1.165, 1.54) is 11.3 Å². The number of benzene rings is 1. The predicted octanol–water partition coefficient (Wildman–Crippen LogP) is 3.86. The smallest absolute Gasteiger partial charge is 0.248 e. The summed E-state index contributed by atoms with van der Waals surface area (Å²) in [5.41, 5.74) is 6.93. The lowest BCUT2D eigenvalue weighted by molar-refractivity contribution is -0.135. The van der Waals surface area contributed by atoms with Crippen LogP contribution >= 0.6 is 0 Å². The van der Waals surface area contributed by atoms with Gasteiger partial charge in [0.1, 0.15) is 30.2 Å². The number of aromatic nitrogens is 2. The Kier molecular flexibility index (Phi) is 7.53. The van der Waals surface area contributed by atoms with Gasteiger partial charge in [-0.05, 0) is 59.9 Å². The van der Waals surface area contributed by atoms with Crippen molar-refractivity contribution in [2.75, 3.05) is 46.0 Å². The number of hydrogen-bond acceptors (Lipinski definition) is 7. The lowest BCUT2D eigenvalue weighted by Gasteiger charge is -2.32. The number of nitriles is 1. The number of aliphatic hydroxyl groups excluding tert-OH is 1. The van der Waals surface area contributed by atoms with Gasteiger partial charge in [-0.3, -0.25) is 4.79 Å². The number of amides is 1. The number of ether oxygens (including phenoxy) is 2. The van der Waals surface area contributed by atoms with E-state index in [1.54, 1.807) is 11.1 Å². The van der Waals surface area contributed by atoms with Gasteiger partial charge in [-0.25, -0.2) is 4.98 Å². The number of nitrogens with one attached hydrogen (secondary N) is 1. The zero-order chi connectivity index (χ0) is 27.5. The molecular weight excluding hydrogens is 506 g/mol. The molecule has 1 aliphatic carbocycles. The molecule has 2 aromatic heterocycles. The summed E-state index contributed by atoms with van der Waals surface area (Å²) in [7, 11) is 0. The van der Waals surface area contributed by atoms with Gasteiger partial charge in [-0.2, -0.15) is 5.26 Å². The predicted molar refractivity (Wildman–Crippen MR) is 151 cm³/mol. The number of carbonyl (C=O) groups excluding carboxylic acids is 1. The highest BCUT2D eigenvalue weighted by Crippen LogP contribution is 2.35. The van der Waals surface area contributed by atoms with Crippen LogP contribution in [-0.4, -0.2) is 82.9 Å². The number of aromatic amines is 1. The molecule has 2 N–H and O–H groups in total. The summed E-state index contributed by atoms with van der Waals surface area (Å²) in [4.78, 5) is 23.9. The first kappa shape index (κ1) is 26.1. The lowest BCUT2D eigenvalue weighted by atomic mass is 9.97. The van der Waals surface area contributed by atoms with Crippen molar-refractivity contribution in [2.24, 2.45) is 0 Å². The molecule has 0 atom stereocenters. The molecule has 9 heteroatoms. The summed E-state index contributed by atoms with van der Waals surface area (Å²) in [6.45, 7) is 4.09. The average Bonchev–Trinajstić information content (AvgIpc) is 3.46. The number of hydrogen-bond donors (Lipinski definition) is 2. The van der Waals surface area contributed by atoms with Crippen LogP contribution in [0.3, 0.4) is 0 Å². The molecule has 3 aromatic rings. The van der Waals surface area contributed by atoms with Crippen LogP contribution in [0.1, 0.15) is 36.9 Å². The summed E-state index contributed by atoms with van der Waals surface area (Å²) < 4.78 is 11.7. The van der Waals surface area contributed by atoms with Crippen LogP contribution in [0.4, 0.5) is 0 Å². The Morgan fingerprint density at radius 1 is 1.12 bits per heavy atom. The molecule has 0 radical (unpaired) electrons. The SMILES string of the molecule is N#Cc1cc(-c2ccnc3[nH]c(C4=CC=C(N5CCOCC5)CC4)cc23)ccc1OC1CCN(C(=O)CO)CC1. The molecule has 3 aliphatic rings. The average molecular weight is 540 g/mol. The largest absolute Gasteiger partial charge is 0.489 e. The summed E-state index contributed by atoms with van der Waals surface area (Å²) in [6, 6.07) is 12.2. The van der Waals surface area contributed by atoms with Crippen LogP contribution < -0.4 is 4.74 Å². The van der Waals surface area contributed by atoms with Crippen LogP contribution in [-0.2, 0) is 9.53 Å². The molecular formula is C31H33N5O4. The Balaban J connectivity index is 1.21. The minimum atomic E-state index is -0.471.